The first kappa shape index (κ1) is 34.1. The number of carbonyl (C=O) groups excluding carboxylic acids is 1. The van der Waals surface area contributed by atoms with Crippen LogP contribution in [0.5, 0.6) is 0 Å². The number of Topliss-reactive ketones (excluding diaryl/α,β-unsaturated/α-hetero) is 1. The summed E-state index contributed by atoms with van der Waals surface area (Å²) in [6.07, 6.45) is 0.316. The molecule has 0 aliphatic rings. The van der Waals surface area contributed by atoms with E-state index in [4.69, 9.17) is 27.7 Å². The first-order valence-corrected chi connectivity index (χ1v) is 17.8. The zero-order valence-electron chi connectivity index (χ0n) is 24.1. The standard InChI is InChI=1S/C27H49O8PSi/c1-9-33-36(29,34-10-2)21-24(28)18-26(35-37(7,8)27(3,4)5)19-25(32-22-30-6)16-17-31-20-23-14-12-11-13-15-23/h11-15,25-26H,9-10,16-22H2,1-8H3/t25-,26+/m0/s1. The molecule has 0 aromatic heterocycles. The molecule has 0 spiro atoms. The molecular formula is C27H49O8PSi. The van der Waals surface area contributed by atoms with Gasteiger partial charge in [0.2, 0.25) is 0 Å². The zero-order chi connectivity index (χ0) is 28.0. The van der Waals surface area contributed by atoms with Crippen molar-refractivity contribution in [1.29, 1.82) is 0 Å². The Balaban J connectivity index is 2.94. The second-order valence-electron chi connectivity index (χ2n) is 10.6. The Morgan fingerprint density at radius 2 is 1.65 bits per heavy atom. The van der Waals surface area contributed by atoms with Gasteiger partial charge in [-0.2, -0.15) is 0 Å². The van der Waals surface area contributed by atoms with E-state index in [-0.39, 0.29) is 49.5 Å². The molecule has 2 atom stereocenters. The van der Waals surface area contributed by atoms with Gasteiger partial charge in [-0.15, -0.1) is 0 Å². The average Bonchev–Trinajstić information content (AvgIpc) is 2.79. The normalized spacial score (nSPS) is 14.5. The maximum atomic E-state index is 13.1. The van der Waals surface area contributed by atoms with Gasteiger partial charge in [-0.3, -0.25) is 9.36 Å². The topological polar surface area (TPSA) is 89.5 Å². The molecule has 1 aromatic carbocycles. The van der Waals surface area contributed by atoms with Crippen LogP contribution in [0.2, 0.25) is 18.1 Å². The van der Waals surface area contributed by atoms with E-state index >= 15 is 0 Å². The van der Waals surface area contributed by atoms with Crippen LogP contribution in [0, 0.1) is 0 Å². The molecule has 0 bridgehead atoms. The monoisotopic (exact) mass is 560 g/mol. The molecule has 1 rings (SSSR count). The highest BCUT2D eigenvalue weighted by Crippen LogP contribution is 2.48. The van der Waals surface area contributed by atoms with Crippen LogP contribution in [0.15, 0.2) is 30.3 Å². The highest BCUT2D eigenvalue weighted by molar-refractivity contribution is 7.54. The average molecular weight is 561 g/mol. The van der Waals surface area contributed by atoms with Crippen molar-refractivity contribution in [1.82, 2.24) is 0 Å². The molecule has 0 amide bonds. The molecule has 1 aromatic rings. The lowest BCUT2D eigenvalue weighted by Crippen LogP contribution is -2.45. The first-order valence-electron chi connectivity index (χ1n) is 13.2. The highest BCUT2D eigenvalue weighted by Gasteiger charge is 2.40. The Kier molecular flexibility index (Phi) is 15.6. The van der Waals surface area contributed by atoms with E-state index in [1.807, 2.05) is 30.3 Å². The second kappa shape index (κ2) is 16.9. The Morgan fingerprint density at radius 3 is 2.19 bits per heavy atom. The minimum absolute atomic E-state index is 0.0398. The fraction of sp³-hybridized carbons (Fsp3) is 0.741. The minimum atomic E-state index is -3.48. The van der Waals surface area contributed by atoms with E-state index < -0.39 is 22.0 Å². The van der Waals surface area contributed by atoms with Crippen LogP contribution < -0.4 is 0 Å². The Hall–Kier alpha value is -0.903. The Morgan fingerprint density at radius 1 is 1.03 bits per heavy atom. The van der Waals surface area contributed by atoms with Crippen LogP contribution in [-0.2, 0) is 43.7 Å². The van der Waals surface area contributed by atoms with Crippen molar-refractivity contribution in [3.8, 4) is 0 Å². The van der Waals surface area contributed by atoms with Crippen LogP contribution in [0.1, 0.15) is 59.4 Å². The van der Waals surface area contributed by atoms with Crippen LogP contribution >= 0.6 is 7.60 Å². The van der Waals surface area contributed by atoms with Gasteiger partial charge in [0.25, 0.3) is 0 Å². The number of ketones is 1. The Bertz CT molecular complexity index is 802. The summed E-state index contributed by atoms with van der Waals surface area (Å²) in [7, 11) is -4.11. The maximum Gasteiger partial charge on any atom is 0.338 e. The summed E-state index contributed by atoms with van der Waals surface area (Å²) in [5, 5.41) is -0.0398. The Labute approximate surface area is 225 Å². The quantitative estimate of drug-likeness (QED) is 0.0764. The lowest BCUT2D eigenvalue weighted by Gasteiger charge is -2.40. The second-order valence-corrected chi connectivity index (χ2v) is 17.4. The highest BCUT2D eigenvalue weighted by atomic mass is 31.2. The third-order valence-electron chi connectivity index (χ3n) is 6.39. The predicted molar refractivity (Wildman–Crippen MR) is 150 cm³/mol. The minimum Gasteiger partial charge on any atom is -0.413 e. The molecule has 0 radical (unpaired) electrons. The van der Waals surface area contributed by atoms with E-state index in [0.717, 1.165) is 5.56 Å². The number of benzene rings is 1. The van der Waals surface area contributed by atoms with Crippen molar-refractivity contribution >= 4 is 21.7 Å². The molecular weight excluding hydrogens is 511 g/mol. The van der Waals surface area contributed by atoms with Gasteiger partial charge in [0, 0.05) is 20.1 Å². The lowest BCUT2D eigenvalue weighted by atomic mass is 10.0. The molecule has 37 heavy (non-hydrogen) atoms. The fourth-order valence-electron chi connectivity index (χ4n) is 3.53. The van der Waals surface area contributed by atoms with E-state index in [1.165, 1.54) is 0 Å². The summed E-state index contributed by atoms with van der Waals surface area (Å²) in [4.78, 5) is 13.1. The van der Waals surface area contributed by atoms with E-state index in [2.05, 4.69) is 33.9 Å². The molecule has 0 heterocycles. The molecule has 0 aliphatic carbocycles. The fourth-order valence-corrected chi connectivity index (χ4v) is 6.50. The van der Waals surface area contributed by atoms with Crippen molar-refractivity contribution in [2.75, 3.05) is 39.9 Å². The van der Waals surface area contributed by atoms with Gasteiger partial charge in [-0.05, 0) is 50.4 Å². The van der Waals surface area contributed by atoms with Crippen molar-refractivity contribution in [2.24, 2.45) is 0 Å². The van der Waals surface area contributed by atoms with Crippen LogP contribution in [0.25, 0.3) is 0 Å². The van der Waals surface area contributed by atoms with Crippen molar-refractivity contribution in [3.05, 3.63) is 35.9 Å². The van der Waals surface area contributed by atoms with Crippen molar-refractivity contribution in [3.63, 3.8) is 0 Å². The van der Waals surface area contributed by atoms with Crippen LogP contribution in [0.3, 0.4) is 0 Å². The van der Waals surface area contributed by atoms with Gasteiger partial charge >= 0.3 is 7.60 Å². The van der Waals surface area contributed by atoms with E-state index in [1.54, 1.807) is 21.0 Å². The molecule has 0 saturated heterocycles. The molecule has 0 unspecified atom stereocenters. The predicted octanol–water partition coefficient (Wildman–Crippen LogP) is 6.59. The van der Waals surface area contributed by atoms with Gasteiger partial charge < -0.3 is 27.7 Å². The van der Waals surface area contributed by atoms with Crippen molar-refractivity contribution in [2.45, 2.75) is 90.8 Å². The summed E-state index contributed by atoms with van der Waals surface area (Å²) >= 11 is 0. The number of carbonyl (C=O) groups is 1. The summed E-state index contributed by atoms with van der Waals surface area (Å²) in [5.74, 6) is -0.209. The van der Waals surface area contributed by atoms with Gasteiger partial charge in [0.15, 0.2) is 8.32 Å². The molecule has 10 heteroatoms. The van der Waals surface area contributed by atoms with Crippen molar-refractivity contribution < 1.29 is 37.0 Å². The lowest BCUT2D eigenvalue weighted by molar-refractivity contribution is -0.120. The van der Waals surface area contributed by atoms with E-state index in [9.17, 15) is 9.36 Å². The first-order chi connectivity index (χ1) is 17.4. The number of methoxy groups -OCH3 is 1. The smallest absolute Gasteiger partial charge is 0.338 e. The summed E-state index contributed by atoms with van der Waals surface area (Å²) in [6, 6.07) is 10.00. The third kappa shape index (κ3) is 13.6. The number of ether oxygens (including phenoxy) is 3. The summed E-state index contributed by atoms with van der Waals surface area (Å²) in [6.45, 7) is 15.8. The molecule has 0 saturated carbocycles. The van der Waals surface area contributed by atoms with Gasteiger partial charge in [0.05, 0.1) is 32.0 Å². The van der Waals surface area contributed by atoms with Crippen LogP contribution in [-0.4, -0.2) is 66.2 Å². The molecule has 0 aliphatic heterocycles. The van der Waals surface area contributed by atoms with Gasteiger partial charge in [-0.25, -0.2) is 0 Å². The molecule has 0 N–H and O–H groups in total. The summed E-state index contributed by atoms with van der Waals surface area (Å²) in [5.41, 5.74) is 1.11. The van der Waals surface area contributed by atoms with Gasteiger partial charge in [-0.1, -0.05) is 51.1 Å². The maximum absolute atomic E-state index is 13.1. The largest absolute Gasteiger partial charge is 0.413 e. The number of hydrogen-bond acceptors (Lipinski definition) is 8. The summed E-state index contributed by atoms with van der Waals surface area (Å²) < 4.78 is 47.3. The molecule has 214 valence electrons. The zero-order valence-corrected chi connectivity index (χ0v) is 26.0. The van der Waals surface area contributed by atoms with Crippen LogP contribution in [0.4, 0.5) is 0 Å². The van der Waals surface area contributed by atoms with E-state index in [0.29, 0.717) is 26.1 Å². The third-order valence-corrected chi connectivity index (χ3v) is 13.0. The number of hydrogen-bond donors (Lipinski definition) is 0. The number of rotatable bonds is 20. The molecule has 8 nitrogen and oxygen atoms in total. The molecule has 0 fully saturated rings. The SMILES string of the molecule is CCOP(=O)(CC(=O)C[C@H](C[C@H](CCOCc1ccccc1)OCOC)O[Si](C)(C)C(C)(C)C)OCC. The van der Waals surface area contributed by atoms with Gasteiger partial charge in [0.1, 0.15) is 18.7 Å².